The fourth-order valence-electron chi connectivity index (χ4n) is 6.05. The zero-order valence-electron chi connectivity index (χ0n) is 24.7. The number of amides is 2. The lowest BCUT2D eigenvalue weighted by Crippen LogP contribution is -2.64. The van der Waals surface area contributed by atoms with E-state index in [9.17, 15) is 29.4 Å². The Labute approximate surface area is 276 Å². The van der Waals surface area contributed by atoms with Gasteiger partial charge in [-0.3, -0.25) is 19.2 Å². The third-order valence-corrected chi connectivity index (χ3v) is 8.82. The summed E-state index contributed by atoms with van der Waals surface area (Å²) in [5, 5.41) is 21.8. The van der Waals surface area contributed by atoms with Gasteiger partial charge in [-0.2, -0.15) is 0 Å². The molecule has 0 unspecified atom stereocenters. The fraction of sp³-hybridized carbons (Fsp3) is 0.222. The van der Waals surface area contributed by atoms with Gasteiger partial charge in [0.15, 0.2) is 0 Å². The molecule has 0 heterocycles. The number of rotatable bonds is 12. The third kappa shape index (κ3) is 7.58. The van der Waals surface area contributed by atoms with Crippen LogP contribution in [0.1, 0.15) is 22.3 Å². The predicted octanol–water partition coefficient (Wildman–Crippen LogP) is 6.40. The Morgan fingerprint density at radius 2 is 0.739 bits per heavy atom. The van der Waals surface area contributed by atoms with E-state index in [4.69, 9.17) is 23.2 Å². The van der Waals surface area contributed by atoms with Crippen LogP contribution in [0.2, 0.25) is 10.0 Å². The molecule has 4 aromatic rings. The first kappa shape index (κ1) is 32.7. The second kappa shape index (κ2) is 14.6. The number of carboxylic acid groups (broad SMARTS) is 2. The Balaban J connectivity index is 1.47. The number of carbonyl (C=O) groups is 4. The number of nitrogens with zero attached hydrogens (tertiary/aromatic N) is 2. The van der Waals surface area contributed by atoms with E-state index in [1.807, 2.05) is 60.7 Å². The fourth-order valence-corrected chi connectivity index (χ4v) is 6.30. The number of halogens is 2. The molecule has 236 valence electrons. The average molecular weight is 660 g/mol. The van der Waals surface area contributed by atoms with Crippen molar-refractivity contribution in [3.63, 3.8) is 0 Å². The van der Waals surface area contributed by atoms with E-state index in [1.54, 1.807) is 48.5 Å². The van der Waals surface area contributed by atoms with Crippen molar-refractivity contribution in [3.8, 4) is 0 Å². The number of carbonyl (C=O) groups excluding carboxylic acids is 2. The standard InChI is InChI=1S/C36H32Cl2N2O6/c37-27-15-11-25(12-16-27)21-39(19-23-7-3-1-4-8-23)33(41)29-31(35(43)44)30(32(29)36(45)46)34(42)40(20-24-9-5-2-6-10-24)22-26-13-17-28(38)18-14-26/h1-18,29-32H,19-22H2,(H,43,44)(H,45,46)/t29-,30-,31-,32-. The van der Waals surface area contributed by atoms with Crippen molar-refractivity contribution in [2.75, 3.05) is 0 Å². The number of hydrogen-bond donors (Lipinski definition) is 2. The SMILES string of the molecule is O=C(O)[C@H]1[C@H](C(=O)N(Cc2ccccc2)Cc2ccc(Cl)cc2)[C@H](C(=O)O)[C@H]1C(=O)N(Cc1ccccc1)Cc1ccc(Cl)cc1. The highest BCUT2D eigenvalue weighted by Gasteiger charge is 2.64. The number of benzene rings is 4. The van der Waals surface area contributed by atoms with Crippen LogP contribution in [0.25, 0.3) is 0 Å². The van der Waals surface area contributed by atoms with Gasteiger partial charge in [0.1, 0.15) is 0 Å². The quantitative estimate of drug-likeness (QED) is 0.182. The summed E-state index contributed by atoms with van der Waals surface area (Å²) in [7, 11) is 0. The van der Waals surface area contributed by atoms with Crippen LogP contribution in [0.5, 0.6) is 0 Å². The summed E-state index contributed by atoms with van der Waals surface area (Å²) in [6, 6.07) is 32.0. The van der Waals surface area contributed by atoms with Crippen LogP contribution in [0.4, 0.5) is 0 Å². The highest BCUT2D eigenvalue weighted by molar-refractivity contribution is 6.30. The minimum Gasteiger partial charge on any atom is -0.481 e. The van der Waals surface area contributed by atoms with Gasteiger partial charge in [-0.15, -0.1) is 0 Å². The van der Waals surface area contributed by atoms with Crippen molar-refractivity contribution in [1.29, 1.82) is 0 Å². The molecule has 8 nitrogen and oxygen atoms in total. The monoisotopic (exact) mass is 658 g/mol. The lowest BCUT2D eigenvalue weighted by molar-refractivity contribution is -0.188. The molecule has 5 rings (SSSR count). The molecule has 1 aliphatic carbocycles. The van der Waals surface area contributed by atoms with Gasteiger partial charge in [0, 0.05) is 36.2 Å². The molecule has 1 aliphatic rings. The van der Waals surface area contributed by atoms with Crippen LogP contribution in [-0.4, -0.2) is 43.8 Å². The number of hydrogen-bond acceptors (Lipinski definition) is 4. The maximum Gasteiger partial charge on any atom is 0.308 e. The molecular formula is C36H32Cl2N2O6. The molecule has 0 spiro atoms. The molecule has 0 saturated heterocycles. The summed E-state index contributed by atoms with van der Waals surface area (Å²) >= 11 is 12.1. The summed E-state index contributed by atoms with van der Waals surface area (Å²) in [6.07, 6.45) is 0. The maximum atomic E-state index is 14.2. The molecule has 2 amide bonds. The second-order valence-electron chi connectivity index (χ2n) is 11.4. The van der Waals surface area contributed by atoms with E-state index in [0.717, 1.165) is 22.3 Å². The molecule has 2 N–H and O–H groups in total. The molecule has 0 bridgehead atoms. The summed E-state index contributed by atoms with van der Waals surface area (Å²) in [4.78, 5) is 56.9. The molecule has 46 heavy (non-hydrogen) atoms. The second-order valence-corrected chi connectivity index (χ2v) is 12.3. The van der Waals surface area contributed by atoms with E-state index in [-0.39, 0.29) is 26.2 Å². The van der Waals surface area contributed by atoms with E-state index in [0.29, 0.717) is 10.0 Å². The third-order valence-electron chi connectivity index (χ3n) is 8.32. The molecule has 0 aromatic heterocycles. The largest absolute Gasteiger partial charge is 0.481 e. The molecule has 1 saturated carbocycles. The molecule has 4 aromatic carbocycles. The lowest BCUT2D eigenvalue weighted by Gasteiger charge is -2.48. The normalized spacial score (nSPS) is 18.7. The van der Waals surface area contributed by atoms with Gasteiger partial charge >= 0.3 is 11.9 Å². The first-order valence-corrected chi connectivity index (χ1v) is 15.5. The highest BCUT2D eigenvalue weighted by atomic mass is 35.5. The van der Waals surface area contributed by atoms with Crippen LogP contribution >= 0.6 is 23.2 Å². The topological polar surface area (TPSA) is 115 Å². The van der Waals surface area contributed by atoms with Gasteiger partial charge in [0.05, 0.1) is 23.7 Å². The van der Waals surface area contributed by atoms with Crippen molar-refractivity contribution in [1.82, 2.24) is 9.80 Å². The van der Waals surface area contributed by atoms with Crippen LogP contribution < -0.4 is 0 Å². The molecule has 10 heteroatoms. The van der Waals surface area contributed by atoms with Crippen molar-refractivity contribution >= 4 is 47.0 Å². The van der Waals surface area contributed by atoms with Crippen LogP contribution in [-0.2, 0) is 45.4 Å². The van der Waals surface area contributed by atoms with Crippen molar-refractivity contribution in [3.05, 3.63) is 141 Å². The van der Waals surface area contributed by atoms with E-state index in [2.05, 4.69) is 0 Å². The Morgan fingerprint density at radius 1 is 0.457 bits per heavy atom. The van der Waals surface area contributed by atoms with Gasteiger partial charge in [0.25, 0.3) is 0 Å². The minimum atomic E-state index is -1.53. The van der Waals surface area contributed by atoms with Crippen LogP contribution in [0.3, 0.4) is 0 Å². The number of carboxylic acids is 2. The van der Waals surface area contributed by atoms with E-state index in [1.165, 1.54) is 9.80 Å². The minimum absolute atomic E-state index is 0.0926. The van der Waals surface area contributed by atoms with Gasteiger partial charge in [-0.25, -0.2) is 0 Å². The Hall–Kier alpha value is -4.66. The van der Waals surface area contributed by atoms with Gasteiger partial charge in [-0.05, 0) is 46.5 Å². The molecule has 0 aliphatic heterocycles. The summed E-state index contributed by atoms with van der Waals surface area (Å²) in [5.41, 5.74) is 3.03. The highest BCUT2D eigenvalue weighted by Crippen LogP contribution is 2.49. The summed E-state index contributed by atoms with van der Waals surface area (Å²) in [5.74, 6) is -10.0. The molecule has 1 fully saturated rings. The van der Waals surface area contributed by atoms with Gasteiger partial charge in [-0.1, -0.05) is 108 Å². The summed E-state index contributed by atoms with van der Waals surface area (Å²) < 4.78 is 0. The molecule has 0 radical (unpaired) electrons. The van der Waals surface area contributed by atoms with Gasteiger partial charge in [0.2, 0.25) is 11.8 Å². The van der Waals surface area contributed by atoms with E-state index >= 15 is 0 Å². The summed E-state index contributed by atoms with van der Waals surface area (Å²) in [6.45, 7) is 0.421. The van der Waals surface area contributed by atoms with Crippen molar-refractivity contribution < 1.29 is 29.4 Å². The van der Waals surface area contributed by atoms with E-state index < -0.39 is 47.4 Å². The Morgan fingerprint density at radius 3 is 1.02 bits per heavy atom. The zero-order valence-corrected chi connectivity index (χ0v) is 26.2. The average Bonchev–Trinajstić information content (AvgIpc) is 3.02. The molecule has 0 atom stereocenters. The van der Waals surface area contributed by atoms with Gasteiger partial charge < -0.3 is 20.0 Å². The lowest BCUT2D eigenvalue weighted by atomic mass is 9.55. The number of aliphatic carboxylic acids is 2. The predicted molar refractivity (Wildman–Crippen MR) is 174 cm³/mol. The van der Waals surface area contributed by atoms with Crippen LogP contribution in [0, 0.1) is 23.7 Å². The Bertz CT molecular complexity index is 1550. The van der Waals surface area contributed by atoms with Crippen molar-refractivity contribution in [2.24, 2.45) is 23.7 Å². The Kier molecular flexibility index (Phi) is 10.4. The molecular weight excluding hydrogens is 627 g/mol. The first-order chi connectivity index (χ1) is 22.1. The maximum absolute atomic E-state index is 14.2. The smallest absolute Gasteiger partial charge is 0.308 e. The van der Waals surface area contributed by atoms with Crippen molar-refractivity contribution in [2.45, 2.75) is 26.2 Å². The zero-order chi connectivity index (χ0) is 32.8. The van der Waals surface area contributed by atoms with Crippen LogP contribution in [0.15, 0.2) is 109 Å². The first-order valence-electron chi connectivity index (χ1n) is 14.7.